The lowest BCUT2D eigenvalue weighted by molar-refractivity contribution is -0.118. The van der Waals surface area contributed by atoms with E-state index in [0.29, 0.717) is 0 Å². The van der Waals surface area contributed by atoms with Crippen molar-refractivity contribution in [3.8, 4) is 0 Å². The molecule has 0 aromatic heterocycles. The minimum Gasteiger partial charge on any atom is -0.377 e. The van der Waals surface area contributed by atoms with Gasteiger partial charge in [-0.05, 0) is 17.7 Å². The van der Waals surface area contributed by atoms with E-state index in [1.54, 1.807) is 0 Å². The van der Waals surface area contributed by atoms with E-state index in [2.05, 4.69) is 0 Å². The van der Waals surface area contributed by atoms with Crippen molar-refractivity contribution in [2.45, 2.75) is 12.8 Å². The van der Waals surface area contributed by atoms with Gasteiger partial charge in [0, 0.05) is 18.1 Å². The second-order valence-electron chi connectivity index (χ2n) is 3.57. The van der Waals surface area contributed by atoms with E-state index in [0.717, 1.165) is 10.6 Å². The van der Waals surface area contributed by atoms with Crippen molar-refractivity contribution >= 4 is 17.4 Å². The number of methoxy groups -OCH3 is 1. The molecule has 0 radical (unpaired) electrons. The van der Waals surface area contributed by atoms with Gasteiger partial charge in [-0.15, -0.1) is 0 Å². The van der Waals surface area contributed by atoms with E-state index in [-0.39, 0.29) is 18.3 Å². The molecular weight excluding hydrogens is 224 g/mol. The van der Waals surface area contributed by atoms with Crippen molar-refractivity contribution in [2.24, 2.45) is 0 Å². The van der Waals surface area contributed by atoms with Crippen LogP contribution in [-0.4, -0.2) is 19.5 Å². The third-order valence-corrected chi connectivity index (χ3v) is 2.60. The molecule has 0 amide bonds. The number of hydrogen-bond acceptors (Lipinski definition) is 2. The van der Waals surface area contributed by atoms with Crippen molar-refractivity contribution in [3.05, 3.63) is 47.0 Å². The van der Waals surface area contributed by atoms with Crippen molar-refractivity contribution in [1.82, 2.24) is 0 Å². The summed E-state index contributed by atoms with van der Waals surface area (Å²) < 4.78 is 4.74. The highest BCUT2D eigenvalue weighted by molar-refractivity contribution is 6.31. The largest absolute Gasteiger partial charge is 0.377 e. The van der Waals surface area contributed by atoms with Crippen LogP contribution in [0.4, 0.5) is 0 Å². The van der Waals surface area contributed by atoms with Gasteiger partial charge in [-0.3, -0.25) is 4.79 Å². The van der Waals surface area contributed by atoms with E-state index in [4.69, 9.17) is 16.3 Å². The van der Waals surface area contributed by atoms with Gasteiger partial charge in [0.1, 0.15) is 6.61 Å². The molecule has 0 fully saturated rings. The summed E-state index contributed by atoms with van der Waals surface area (Å²) in [4.78, 5) is 11.2. The summed E-state index contributed by atoms with van der Waals surface area (Å²) in [5.41, 5.74) is 1.02. The van der Waals surface area contributed by atoms with Gasteiger partial charge in [-0.2, -0.15) is 0 Å². The van der Waals surface area contributed by atoms with Crippen LogP contribution in [0, 0.1) is 0 Å². The Kier molecular flexibility index (Phi) is 5.23. The van der Waals surface area contributed by atoms with E-state index in [1.165, 1.54) is 13.2 Å². The van der Waals surface area contributed by atoms with Crippen LogP contribution < -0.4 is 0 Å². The number of rotatable bonds is 5. The molecule has 0 spiro atoms. The lowest BCUT2D eigenvalue weighted by atomic mass is 10.0. The van der Waals surface area contributed by atoms with Gasteiger partial charge in [0.15, 0.2) is 5.78 Å². The van der Waals surface area contributed by atoms with Crippen molar-refractivity contribution in [2.75, 3.05) is 13.7 Å². The monoisotopic (exact) mass is 238 g/mol. The molecule has 1 aromatic carbocycles. The lowest BCUT2D eigenvalue weighted by Crippen LogP contribution is -2.02. The molecule has 0 aliphatic heterocycles. The molecule has 0 saturated heterocycles. The highest BCUT2D eigenvalue weighted by atomic mass is 35.5. The average molecular weight is 239 g/mol. The van der Waals surface area contributed by atoms with Gasteiger partial charge in [0.05, 0.1) is 0 Å². The Balaban J connectivity index is 2.69. The molecular formula is C13H15ClO2. The highest BCUT2D eigenvalue weighted by Gasteiger charge is 2.05. The minimum absolute atomic E-state index is 0.0404. The van der Waals surface area contributed by atoms with Gasteiger partial charge < -0.3 is 4.74 Å². The third-order valence-electron chi connectivity index (χ3n) is 2.25. The Morgan fingerprint density at radius 3 is 2.81 bits per heavy atom. The van der Waals surface area contributed by atoms with Gasteiger partial charge in [-0.25, -0.2) is 0 Å². The van der Waals surface area contributed by atoms with Crippen LogP contribution in [0.15, 0.2) is 36.4 Å². The number of benzene rings is 1. The van der Waals surface area contributed by atoms with Gasteiger partial charge in [0.2, 0.25) is 0 Å². The van der Waals surface area contributed by atoms with Crippen LogP contribution in [0.2, 0.25) is 5.02 Å². The second-order valence-corrected chi connectivity index (χ2v) is 3.98. The van der Waals surface area contributed by atoms with Gasteiger partial charge in [-0.1, -0.05) is 42.8 Å². The van der Waals surface area contributed by atoms with Crippen molar-refractivity contribution in [1.29, 1.82) is 0 Å². The Hall–Kier alpha value is -1.12. The lowest BCUT2D eigenvalue weighted by Gasteiger charge is -2.08. The Labute approximate surface area is 101 Å². The third kappa shape index (κ3) is 3.80. The molecule has 1 unspecified atom stereocenters. The molecule has 0 aliphatic rings. The Morgan fingerprint density at radius 2 is 2.19 bits per heavy atom. The van der Waals surface area contributed by atoms with Crippen molar-refractivity contribution < 1.29 is 9.53 Å². The minimum atomic E-state index is -0.0404. The van der Waals surface area contributed by atoms with Crippen molar-refractivity contribution in [3.63, 3.8) is 0 Å². The zero-order valence-corrected chi connectivity index (χ0v) is 10.2. The summed E-state index contributed by atoms with van der Waals surface area (Å²) in [6.45, 7) is 2.11. The number of ketones is 1. The molecule has 3 heteroatoms. The van der Waals surface area contributed by atoms with E-state index in [1.807, 2.05) is 37.3 Å². The molecule has 1 rings (SSSR count). The van der Waals surface area contributed by atoms with Gasteiger partial charge in [0.25, 0.3) is 0 Å². The SMILES string of the molecule is COCC(=O)/C=C/C(C)c1ccccc1Cl. The predicted octanol–water partition coefficient (Wildman–Crippen LogP) is 3.22. The summed E-state index contributed by atoms with van der Waals surface area (Å²) in [5.74, 6) is 0.0795. The molecule has 0 heterocycles. The van der Waals surface area contributed by atoms with E-state index < -0.39 is 0 Å². The number of carbonyl (C=O) groups excluding carboxylic acids is 1. The molecule has 0 bridgehead atoms. The maximum absolute atomic E-state index is 11.2. The molecule has 0 saturated carbocycles. The first-order valence-corrected chi connectivity index (χ1v) is 5.47. The standard InChI is InChI=1S/C13H15ClO2/c1-10(7-8-11(15)9-16-2)12-5-3-4-6-13(12)14/h3-8,10H,9H2,1-2H3/b8-7+. The van der Waals surface area contributed by atoms with E-state index in [9.17, 15) is 4.79 Å². The summed E-state index contributed by atoms with van der Waals surface area (Å²) in [5, 5.41) is 0.721. The average Bonchev–Trinajstić information content (AvgIpc) is 2.27. The first kappa shape index (κ1) is 12.9. The molecule has 0 aliphatic carbocycles. The zero-order valence-electron chi connectivity index (χ0n) is 9.44. The fourth-order valence-electron chi connectivity index (χ4n) is 1.39. The van der Waals surface area contributed by atoms with Crippen LogP contribution in [0.25, 0.3) is 0 Å². The number of halogens is 1. The molecule has 1 atom stereocenters. The zero-order chi connectivity index (χ0) is 12.0. The maximum Gasteiger partial charge on any atom is 0.180 e. The summed E-state index contributed by atoms with van der Waals surface area (Å²) in [6.07, 6.45) is 3.38. The van der Waals surface area contributed by atoms with Crippen LogP contribution in [0.5, 0.6) is 0 Å². The topological polar surface area (TPSA) is 26.3 Å². The number of ether oxygens (including phenoxy) is 1. The van der Waals surface area contributed by atoms with E-state index >= 15 is 0 Å². The fraction of sp³-hybridized carbons (Fsp3) is 0.308. The quantitative estimate of drug-likeness (QED) is 0.737. The predicted molar refractivity (Wildman–Crippen MR) is 65.9 cm³/mol. The summed E-state index contributed by atoms with van der Waals surface area (Å²) in [6, 6.07) is 7.62. The van der Waals surface area contributed by atoms with Crippen LogP contribution >= 0.6 is 11.6 Å². The highest BCUT2D eigenvalue weighted by Crippen LogP contribution is 2.24. The number of hydrogen-bond donors (Lipinski definition) is 0. The van der Waals surface area contributed by atoms with Gasteiger partial charge >= 0.3 is 0 Å². The van der Waals surface area contributed by atoms with Crippen LogP contribution in [0.1, 0.15) is 18.4 Å². The molecule has 86 valence electrons. The summed E-state index contributed by atoms with van der Waals surface area (Å²) in [7, 11) is 1.50. The molecule has 16 heavy (non-hydrogen) atoms. The smallest absolute Gasteiger partial charge is 0.180 e. The Morgan fingerprint density at radius 1 is 1.50 bits per heavy atom. The molecule has 1 aromatic rings. The number of carbonyl (C=O) groups is 1. The van der Waals surface area contributed by atoms with Crippen LogP contribution in [-0.2, 0) is 9.53 Å². The first-order valence-electron chi connectivity index (χ1n) is 5.09. The number of allylic oxidation sites excluding steroid dienone is 1. The fourth-order valence-corrected chi connectivity index (χ4v) is 1.70. The summed E-state index contributed by atoms with van der Waals surface area (Å²) >= 11 is 6.05. The maximum atomic E-state index is 11.2. The molecule has 0 N–H and O–H groups in total. The first-order chi connectivity index (χ1) is 7.65. The normalized spacial score (nSPS) is 12.9. The van der Waals surface area contributed by atoms with Crippen LogP contribution in [0.3, 0.4) is 0 Å². The second kappa shape index (κ2) is 6.46. The Bertz CT molecular complexity index is 385. The molecule has 2 nitrogen and oxygen atoms in total.